The molecular weight excluding hydrogens is 394 g/mol. The largest absolute Gasteiger partial charge is 0.493 e. The van der Waals surface area contributed by atoms with Crippen molar-refractivity contribution >= 4 is 5.96 Å². The third-order valence-corrected chi connectivity index (χ3v) is 4.77. The van der Waals surface area contributed by atoms with Gasteiger partial charge in [0, 0.05) is 26.3 Å². The van der Waals surface area contributed by atoms with Crippen LogP contribution in [-0.2, 0) is 13.0 Å². The maximum absolute atomic E-state index is 5.41. The summed E-state index contributed by atoms with van der Waals surface area (Å²) in [5.74, 6) is 2.53. The fraction of sp³-hybridized carbons (Fsp3) is 0.304. The van der Waals surface area contributed by atoms with Gasteiger partial charge in [-0.1, -0.05) is 18.2 Å². The second-order valence-electron chi connectivity index (χ2n) is 6.76. The van der Waals surface area contributed by atoms with E-state index in [1.165, 1.54) is 0 Å². The first kappa shape index (κ1) is 22.0. The lowest BCUT2D eigenvalue weighted by atomic mass is 10.2. The Kier molecular flexibility index (Phi) is 7.75. The summed E-state index contributed by atoms with van der Waals surface area (Å²) in [5.41, 5.74) is 3.18. The van der Waals surface area contributed by atoms with Gasteiger partial charge in [-0.3, -0.25) is 4.99 Å². The van der Waals surface area contributed by atoms with E-state index in [-0.39, 0.29) is 0 Å². The van der Waals surface area contributed by atoms with Crippen molar-refractivity contribution in [1.82, 2.24) is 20.4 Å². The van der Waals surface area contributed by atoms with E-state index in [9.17, 15) is 0 Å². The Morgan fingerprint density at radius 1 is 0.968 bits per heavy atom. The Morgan fingerprint density at radius 2 is 1.68 bits per heavy atom. The first-order chi connectivity index (χ1) is 15.2. The smallest absolute Gasteiger partial charge is 0.203 e. The Bertz CT molecular complexity index is 976. The van der Waals surface area contributed by atoms with Gasteiger partial charge in [-0.25, -0.2) is 4.68 Å². The molecule has 0 radical (unpaired) electrons. The number of ether oxygens (including phenoxy) is 3. The van der Waals surface area contributed by atoms with Gasteiger partial charge in [0.15, 0.2) is 17.5 Å². The van der Waals surface area contributed by atoms with Crippen LogP contribution in [0.25, 0.3) is 5.69 Å². The zero-order valence-electron chi connectivity index (χ0n) is 18.4. The summed E-state index contributed by atoms with van der Waals surface area (Å²) < 4.78 is 18.1. The minimum Gasteiger partial charge on any atom is -0.493 e. The number of guanidine groups is 1. The van der Waals surface area contributed by atoms with Crippen LogP contribution >= 0.6 is 0 Å². The molecule has 0 bridgehead atoms. The lowest BCUT2D eigenvalue weighted by Crippen LogP contribution is -2.37. The number of hydrogen-bond acceptors (Lipinski definition) is 5. The third kappa shape index (κ3) is 5.69. The number of para-hydroxylation sites is 1. The van der Waals surface area contributed by atoms with Gasteiger partial charge in [0.05, 0.1) is 33.2 Å². The van der Waals surface area contributed by atoms with Gasteiger partial charge in [-0.05, 0) is 41.8 Å². The van der Waals surface area contributed by atoms with Crippen LogP contribution in [0.2, 0.25) is 0 Å². The van der Waals surface area contributed by atoms with Crippen molar-refractivity contribution in [3.63, 3.8) is 0 Å². The fourth-order valence-corrected chi connectivity index (χ4v) is 3.18. The van der Waals surface area contributed by atoms with Crippen LogP contribution in [0.3, 0.4) is 0 Å². The molecular formula is C23H29N5O3. The number of hydrogen-bond donors (Lipinski definition) is 2. The Balaban J connectivity index is 1.53. The second kappa shape index (κ2) is 10.9. The molecule has 8 heteroatoms. The number of aliphatic imine (C=N–C) groups is 1. The number of nitrogens with zero attached hydrogens (tertiary/aromatic N) is 3. The highest BCUT2D eigenvalue weighted by atomic mass is 16.5. The van der Waals surface area contributed by atoms with Crippen molar-refractivity contribution in [2.45, 2.75) is 13.0 Å². The van der Waals surface area contributed by atoms with E-state index in [1.54, 1.807) is 28.4 Å². The lowest BCUT2D eigenvalue weighted by Gasteiger charge is -2.15. The van der Waals surface area contributed by atoms with Gasteiger partial charge >= 0.3 is 0 Å². The Morgan fingerprint density at radius 3 is 2.29 bits per heavy atom. The molecule has 0 aliphatic carbocycles. The van der Waals surface area contributed by atoms with Gasteiger partial charge in [0.25, 0.3) is 0 Å². The van der Waals surface area contributed by atoms with E-state index in [0.717, 1.165) is 29.8 Å². The van der Waals surface area contributed by atoms with E-state index in [1.807, 2.05) is 59.5 Å². The molecule has 0 spiro atoms. The minimum atomic E-state index is 0.558. The van der Waals surface area contributed by atoms with Crippen LogP contribution in [0.15, 0.2) is 59.9 Å². The molecule has 0 saturated heterocycles. The van der Waals surface area contributed by atoms with Gasteiger partial charge < -0.3 is 24.8 Å². The van der Waals surface area contributed by atoms with Gasteiger partial charge in [0.2, 0.25) is 5.75 Å². The van der Waals surface area contributed by atoms with Crippen molar-refractivity contribution in [1.29, 1.82) is 0 Å². The average Bonchev–Trinajstić information content (AvgIpc) is 3.30. The number of methoxy groups -OCH3 is 3. The van der Waals surface area contributed by atoms with Gasteiger partial charge in [-0.2, -0.15) is 5.10 Å². The average molecular weight is 424 g/mol. The van der Waals surface area contributed by atoms with Gasteiger partial charge in [-0.15, -0.1) is 0 Å². The first-order valence-electron chi connectivity index (χ1n) is 10.0. The molecule has 0 aliphatic rings. The topological polar surface area (TPSA) is 81.9 Å². The molecule has 2 aromatic carbocycles. The normalized spacial score (nSPS) is 11.2. The SMILES string of the molecule is CN=C(NCCc1cnn(-c2ccccc2)c1)NCc1cc(OC)c(OC)c(OC)c1. The number of aromatic nitrogens is 2. The van der Waals surface area contributed by atoms with Crippen molar-refractivity contribution in [3.05, 3.63) is 66.0 Å². The van der Waals surface area contributed by atoms with Crippen molar-refractivity contribution in [3.8, 4) is 22.9 Å². The summed E-state index contributed by atoms with van der Waals surface area (Å²) in [6.07, 6.45) is 4.77. The fourth-order valence-electron chi connectivity index (χ4n) is 3.18. The van der Waals surface area contributed by atoms with E-state index < -0.39 is 0 Å². The summed E-state index contributed by atoms with van der Waals surface area (Å²) in [6, 6.07) is 13.9. The highest BCUT2D eigenvalue weighted by molar-refractivity contribution is 5.79. The molecule has 0 fully saturated rings. The minimum absolute atomic E-state index is 0.558. The van der Waals surface area contributed by atoms with E-state index in [2.05, 4.69) is 20.7 Å². The van der Waals surface area contributed by atoms with Crippen LogP contribution < -0.4 is 24.8 Å². The van der Waals surface area contributed by atoms with E-state index in [4.69, 9.17) is 14.2 Å². The maximum atomic E-state index is 5.41. The molecule has 8 nitrogen and oxygen atoms in total. The third-order valence-electron chi connectivity index (χ3n) is 4.77. The zero-order valence-corrected chi connectivity index (χ0v) is 18.4. The molecule has 2 N–H and O–H groups in total. The van der Waals surface area contributed by atoms with Crippen LogP contribution in [0.4, 0.5) is 0 Å². The highest BCUT2D eigenvalue weighted by Gasteiger charge is 2.13. The quantitative estimate of drug-likeness (QED) is 0.407. The molecule has 3 rings (SSSR count). The van der Waals surface area contributed by atoms with Crippen molar-refractivity contribution in [2.24, 2.45) is 4.99 Å². The molecule has 0 unspecified atom stereocenters. The first-order valence-corrected chi connectivity index (χ1v) is 10.0. The summed E-state index contributed by atoms with van der Waals surface area (Å²) in [5, 5.41) is 11.1. The molecule has 0 amide bonds. The van der Waals surface area contributed by atoms with E-state index in [0.29, 0.717) is 29.8 Å². The summed E-state index contributed by atoms with van der Waals surface area (Å²) in [7, 11) is 6.55. The Labute approximate surface area is 182 Å². The van der Waals surface area contributed by atoms with Crippen LogP contribution in [0.1, 0.15) is 11.1 Å². The number of nitrogens with one attached hydrogen (secondary N) is 2. The standard InChI is InChI=1S/C23H29N5O3/c1-24-23(26-14-18-12-20(29-2)22(31-4)21(13-18)30-3)25-11-10-17-15-27-28(16-17)19-8-6-5-7-9-19/h5-9,12-13,15-16H,10-11,14H2,1-4H3,(H2,24,25,26). The predicted octanol–water partition coefficient (Wildman–Crippen LogP) is 2.81. The molecule has 3 aromatic rings. The second-order valence-corrected chi connectivity index (χ2v) is 6.76. The number of rotatable bonds is 9. The molecule has 1 heterocycles. The predicted molar refractivity (Wildman–Crippen MR) is 122 cm³/mol. The van der Waals surface area contributed by atoms with Crippen LogP contribution in [0.5, 0.6) is 17.2 Å². The molecule has 0 saturated carbocycles. The molecule has 164 valence electrons. The van der Waals surface area contributed by atoms with Crippen molar-refractivity contribution < 1.29 is 14.2 Å². The molecule has 0 atom stereocenters. The summed E-state index contributed by atoms with van der Waals surface area (Å²) in [4.78, 5) is 4.29. The van der Waals surface area contributed by atoms with Crippen LogP contribution in [-0.4, -0.2) is 50.7 Å². The molecule has 31 heavy (non-hydrogen) atoms. The van der Waals surface area contributed by atoms with Crippen molar-refractivity contribution in [2.75, 3.05) is 34.9 Å². The summed E-state index contributed by atoms with van der Waals surface area (Å²) >= 11 is 0. The number of benzene rings is 2. The summed E-state index contributed by atoms with van der Waals surface area (Å²) in [6.45, 7) is 1.29. The molecule has 1 aromatic heterocycles. The van der Waals surface area contributed by atoms with Crippen LogP contribution in [0, 0.1) is 0 Å². The zero-order chi connectivity index (χ0) is 22.1. The lowest BCUT2D eigenvalue weighted by molar-refractivity contribution is 0.323. The van der Waals surface area contributed by atoms with E-state index >= 15 is 0 Å². The Hall–Kier alpha value is -3.68. The highest BCUT2D eigenvalue weighted by Crippen LogP contribution is 2.38. The van der Waals surface area contributed by atoms with Gasteiger partial charge in [0.1, 0.15) is 0 Å². The maximum Gasteiger partial charge on any atom is 0.203 e. The molecule has 0 aliphatic heterocycles. The monoisotopic (exact) mass is 423 g/mol.